The van der Waals surface area contributed by atoms with Crippen molar-refractivity contribution >= 4 is 11.7 Å². The normalized spacial score (nSPS) is 13.7. The number of hydrogen-bond acceptors (Lipinski definition) is 4. The smallest absolute Gasteiger partial charge is 0.322 e. The van der Waals surface area contributed by atoms with E-state index in [4.69, 9.17) is 14.2 Å². The first-order valence-electron chi connectivity index (χ1n) is 12.2. The molecule has 3 aromatic carbocycles. The Morgan fingerprint density at radius 3 is 2.29 bits per heavy atom. The summed E-state index contributed by atoms with van der Waals surface area (Å²) < 4.78 is 17.1. The summed E-state index contributed by atoms with van der Waals surface area (Å²) in [6.07, 6.45) is 5.51. The summed E-state index contributed by atoms with van der Waals surface area (Å²) in [5.74, 6) is 1.99. The Balaban J connectivity index is 1.54. The van der Waals surface area contributed by atoms with Crippen molar-refractivity contribution in [3.63, 3.8) is 0 Å². The highest BCUT2D eigenvalue weighted by Crippen LogP contribution is 2.32. The van der Waals surface area contributed by atoms with Crippen LogP contribution in [0.2, 0.25) is 0 Å². The molecule has 4 rings (SSSR count). The third-order valence-corrected chi connectivity index (χ3v) is 6.44. The minimum absolute atomic E-state index is 0.121. The van der Waals surface area contributed by atoms with Gasteiger partial charge in [0.2, 0.25) is 0 Å². The number of carbonyl (C=O) groups is 1. The monoisotopic (exact) mass is 474 g/mol. The molecule has 184 valence electrons. The molecule has 1 N–H and O–H groups in total. The van der Waals surface area contributed by atoms with Crippen LogP contribution in [0.25, 0.3) is 0 Å². The highest BCUT2D eigenvalue weighted by Gasteiger charge is 2.26. The van der Waals surface area contributed by atoms with Gasteiger partial charge in [0, 0.05) is 12.6 Å². The topological polar surface area (TPSA) is 60.0 Å². The maximum Gasteiger partial charge on any atom is 0.322 e. The first-order valence-corrected chi connectivity index (χ1v) is 12.2. The minimum Gasteiger partial charge on any atom is -0.495 e. The number of benzene rings is 3. The van der Waals surface area contributed by atoms with Crippen LogP contribution in [-0.2, 0) is 13.2 Å². The van der Waals surface area contributed by atoms with Crippen LogP contribution in [0.1, 0.15) is 43.2 Å². The van der Waals surface area contributed by atoms with E-state index in [1.54, 1.807) is 14.2 Å². The zero-order valence-corrected chi connectivity index (χ0v) is 20.5. The highest BCUT2D eigenvalue weighted by molar-refractivity contribution is 5.91. The van der Waals surface area contributed by atoms with Crippen molar-refractivity contribution in [3.8, 4) is 17.2 Å². The zero-order chi connectivity index (χ0) is 24.5. The lowest BCUT2D eigenvalue weighted by molar-refractivity contribution is 0.162. The SMILES string of the molecule is COc1ccccc1NC(=O)N(Cc1ccc(OC)c(OCc2ccccc2)c1)C1CCCCC1. The van der Waals surface area contributed by atoms with Gasteiger partial charge >= 0.3 is 6.03 Å². The van der Waals surface area contributed by atoms with Crippen LogP contribution >= 0.6 is 0 Å². The van der Waals surface area contributed by atoms with Crippen molar-refractivity contribution in [3.05, 3.63) is 83.9 Å². The number of ether oxygens (including phenoxy) is 3. The molecular formula is C29H34N2O4. The van der Waals surface area contributed by atoms with Gasteiger partial charge in [0.15, 0.2) is 11.5 Å². The van der Waals surface area contributed by atoms with Gasteiger partial charge in [0.05, 0.1) is 19.9 Å². The summed E-state index contributed by atoms with van der Waals surface area (Å²) in [7, 11) is 3.25. The minimum atomic E-state index is -0.121. The van der Waals surface area contributed by atoms with Crippen LogP contribution in [0.5, 0.6) is 17.2 Å². The van der Waals surface area contributed by atoms with E-state index in [1.807, 2.05) is 77.7 Å². The van der Waals surface area contributed by atoms with Gasteiger partial charge in [-0.15, -0.1) is 0 Å². The maximum absolute atomic E-state index is 13.5. The Bertz CT molecular complexity index is 1100. The van der Waals surface area contributed by atoms with E-state index in [2.05, 4.69) is 5.32 Å². The molecule has 1 aliphatic rings. The molecule has 3 aromatic rings. The second kappa shape index (κ2) is 12.2. The Labute approximate surface area is 207 Å². The van der Waals surface area contributed by atoms with Crippen LogP contribution in [0.3, 0.4) is 0 Å². The zero-order valence-electron chi connectivity index (χ0n) is 20.5. The predicted molar refractivity (Wildman–Crippen MR) is 138 cm³/mol. The van der Waals surface area contributed by atoms with E-state index in [9.17, 15) is 4.79 Å². The Morgan fingerprint density at radius 1 is 0.829 bits per heavy atom. The highest BCUT2D eigenvalue weighted by atomic mass is 16.5. The van der Waals surface area contributed by atoms with Crippen molar-refractivity contribution in [2.24, 2.45) is 0 Å². The lowest BCUT2D eigenvalue weighted by Gasteiger charge is -2.34. The standard InChI is InChI=1S/C29H34N2O4/c1-33-26-16-10-9-15-25(26)30-29(32)31(24-13-7-4-8-14-24)20-23-17-18-27(34-2)28(19-23)35-21-22-11-5-3-6-12-22/h3,5-6,9-12,15-19,24H,4,7-8,13-14,20-21H2,1-2H3,(H,30,32). The van der Waals surface area contributed by atoms with Gasteiger partial charge in [-0.25, -0.2) is 4.79 Å². The summed E-state index contributed by atoms with van der Waals surface area (Å²) in [6.45, 7) is 0.929. The first-order chi connectivity index (χ1) is 17.2. The van der Waals surface area contributed by atoms with Gasteiger partial charge in [-0.3, -0.25) is 0 Å². The van der Waals surface area contributed by atoms with Crippen LogP contribution < -0.4 is 19.5 Å². The number of anilines is 1. The second-order valence-electron chi connectivity index (χ2n) is 8.81. The Kier molecular flexibility index (Phi) is 8.49. The molecule has 0 unspecified atom stereocenters. The number of nitrogens with zero attached hydrogens (tertiary/aromatic N) is 1. The molecular weight excluding hydrogens is 440 g/mol. The van der Waals surface area contributed by atoms with Gasteiger partial charge in [-0.2, -0.15) is 0 Å². The van der Waals surface area contributed by atoms with Crippen molar-refractivity contribution < 1.29 is 19.0 Å². The van der Waals surface area contributed by atoms with E-state index in [1.165, 1.54) is 6.42 Å². The van der Waals surface area contributed by atoms with E-state index in [0.717, 1.165) is 36.8 Å². The molecule has 0 atom stereocenters. The lowest BCUT2D eigenvalue weighted by atomic mass is 9.94. The van der Waals surface area contributed by atoms with E-state index in [0.29, 0.717) is 36.1 Å². The van der Waals surface area contributed by atoms with Gasteiger partial charge in [0.1, 0.15) is 12.4 Å². The summed E-state index contributed by atoms with van der Waals surface area (Å²) in [6, 6.07) is 23.5. The fourth-order valence-corrected chi connectivity index (χ4v) is 4.56. The van der Waals surface area contributed by atoms with Gasteiger partial charge in [-0.1, -0.05) is 67.8 Å². The van der Waals surface area contributed by atoms with Crippen molar-refractivity contribution in [1.29, 1.82) is 0 Å². The summed E-state index contributed by atoms with van der Waals surface area (Å²) >= 11 is 0. The van der Waals surface area contributed by atoms with Crippen LogP contribution in [-0.4, -0.2) is 31.2 Å². The molecule has 1 saturated carbocycles. The van der Waals surface area contributed by atoms with Crippen molar-refractivity contribution in [1.82, 2.24) is 4.90 Å². The quantitative estimate of drug-likeness (QED) is 0.377. The molecule has 0 radical (unpaired) electrons. The van der Waals surface area contributed by atoms with E-state index >= 15 is 0 Å². The van der Waals surface area contributed by atoms with Crippen LogP contribution in [0.4, 0.5) is 10.5 Å². The van der Waals surface area contributed by atoms with E-state index < -0.39 is 0 Å². The largest absolute Gasteiger partial charge is 0.495 e. The Hall–Kier alpha value is -3.67. The van der Waals surface area contributed by atoms with Crippen molar-refractivity contribution in [2.45, 2.75) is 51.3 Å². The lowest BCUT2D eigenvalue weighted by Crippen LogP contribution is -2.43. The first kappa shape index (κ1) is 24.5. The number of amides is 2. The van der Waals surface area contributed by atoms with E-state index in [-0.39, 0.29) is 12.1 Å². The summed E-state index contributed by atoms with van der Waals surface area (Å²) in [4.78, 5) is 15.5. The number of rotatable bonds is 9. The predicted octanol–water partition coefficient (Wildman–Crippen LogP) is 6.65. The molecule has 0 bridgehead atoms. The molecule has 2 amide bonds. The van der Waals surface area contributed by atoms with Crippen LogP contribution in [0, 0.1) is 0 Å². The molecule has 0 heterocycles. The molecule has 0 saturated heterocycles. The average Bonchev–Trinajstić information content (AvgIpc) is 2.92. The number of methoxy groups -OCH3 is 2. The molecule has 6 heteroatoms. The molecule has 1 aliphatic carbocycles. The number of carbonyl (C=O) groups excluding carboxylic acids is 1. The fraction of sp³-hybridized carbons (Fsp3) is 0.345. The average molecular weight is 475 g/mol. The molecule has 1 fully saturated rings. The van der Waals surface area contributed by atoms with Gasteiger partial charge in [0.25, 0.3) is 0 Å². The van der Waals surface area contributed by atoms with Crippen LogP contribution in [0.15, 0.2) is 72.8 Å². The summed E-state index contributed by atoms with van der Waals surface area (Å²) in [5.41, 5.74) is 2.75. The number of nitrogens with one attached hydrogen (secondary N) is 1. The second-order valence-corrected chi connectivity index (χ2v) is 8.81. The molecule has 0 aromatic heterocycles. The molecule has 35 heavy (non-hydrogen) atoms. The van der Waals surface area contributed by atoms with Gasteiger partial charge in [-0.05, 0) is 48.2 Å². The number of urea groups is 1. The molecule has 6 nitrogen and oxygen atoms in total. The van der Waals surface area contributed by atoms with Gasteiger partial charge < -0.3 is 24.4 Å². The number of para-hydroxylation sites is 2. The number of hydrogen-bond donors (Lipinski definition) is 1. The third-order valence-electron chi connectivity index (χ3n) is 6.44. The molecule has 0 aliphatic heterocycles. The Morgan fingerprint density at radius 2 is 1.54 bits per heavy atom. The van der Waals surface area contributed by atoms with Crippen molar-refractivity contribution in [2.75, 3.05) is 19.5 Å². The maximum atomic E-state index is 13.5. The fourth-order valence-electron chi connectivity index (χ4n) is 4.56. The summed E-state index contributed by atoms with van der Waals surface area (Å²) in [5, 5.41) is 3.07. The molecule has 0 spiro atoms. The third kappa shape index (κ3) is 6.47.